The minimum absolute atomic E-state index is 0.0420. The van der Waals surface area contributed by atoms with Gasteiger partial charge in [-0.15, -0.1) is 0 Å². The molecule has 0 heterocycles. The molecule has 3 nitrogen and oxygen atoms in total. The van der Waals surface area contributed by atoms with E-state index in [2.05, 4.69) is 21.2 Å². The average molecular weight is 271 g/mol. The summed E-state index contributed by atoms with van der Waals surface area (Å²) in [6, 6.07) is 8.08. The van der Waals surface area contributed by atoms with Gasteiger partial charge in [0.05, 0.1) is 6.54 Å². The lowest BCUT2D eigenvalue weighted by molar-refractivity contribution is -0.120. The van der Waals surface area contributed by atoms with E-state index in [1.165, 1.54) is 5.56 Å². The Bertz CT molecular complexity index is 341. The number of nitrogens with two attached hydrogens (primary N) is 1. The summed E-state index contributed by atoms with van der Waals surface area (Å²) in [4.78, 5) is 11.0. The fourth-order valence-electron chi connectivity index (χ4n) is 1.38. The standard InChI is InChI=1S/C11H15BrN2O/c1-8(14-11(15)7-13)6-9-4-2-3-5-10(9)12/h2-5,8H,6-7,13H2,1H3,(H,14,15). The molecule has 0 saturated heterocycles. The van der Waals surface area contributed by atoms with Gasteiger partial charge < -0.3 is 11.1 Å². The van der Waals surface area contributed by atoms with E-state index in [-0.39, 0.29) is 18.5 Å². The predicted molar refractivity (Wildman–Crippen MR) is 64.5 cm³/mol. The molecule has 0 spiro atoms. The Morgan fingerprint density at radius 3 is 2.80 bits per heavy atom. The van der Waals surface area contributed by atoms with Gasteiger partial charge in [0.25, 0.3) is 0 Å². The first kappa shape index (κ1) is 12.2. The van der Waals surface area contributed by atoms with Crippen molar-refractivity contribution in [2.75, 3.05) is 6.54 Å². The molecule has 0 saturated carbocycles. The van der Waals surface area contributed by atoms with E-state index in [1.807, 2.05) is 31.2 Å². The van der Waals surface area contributed by atoms with Gasteiger partial charge in [-0.3, -0.25) is 4.79 Å². The van der Waals surface area contributed by atoms with Crippen molar-refractivity contribution < 1.29 is 4.79 Å². The molecule has 1 unspecified atom stereocenters. The normalized spacial score (nSPS) is 12.2. The van der Waals surface area contributed by atoms with Crippen LogP contribution in [-0.4, -0.2) is 18.5 Å². The highest BCUT2D eigenvalue weighted by Gasteiger charge is 2.08. The molecular formula is C11H15BrN2O. The predicted octanol–water partition coefficient (Wildman–Crippen LogP) is 1.46. The Labute approximate surface area is 98.2 Å². The largest absolute Gasteiger partial charge is 0.352 e. The highest BCUT2D eigenvalue weighted by atomic mass is 79.9. The zero-order valence-corrected chi connectivity index (χ0v) is 10.3. The van der Waals surface area contributed by atoms with E-state index in [9.17, 15) is 4.79 Å². The minimum atomic E-state index is -0.116. The summed E-state index contributed by atoms with van der Waals surface area (Å²) in [6.45, 7) is 2.01. The number of hydrogen-bond donors (Lipinski definition) is 2. The second kappa shape index (κ2) is 5.88. The van der Waals surface area contributed by atoms with Crippen LogP contribution >= 0.6 is 15.9 Å². The number of rotatable bonds is 4. The Morgan fingerprint density at radius 1 is 1.53 bits per heavy atom. The van der Waals surface area contributed by atoms with Crippen LogP contribution in [0.3, 0.4) is 0 Å². The van der Waals surface area contributed by atoms with Crippen LogP contribution in [0.4, 0.5) is 0 Å². The van der Waals surface area contributed by atoms with Crippen LogP contribution in [0.2, 0.25) is 0 Å². The highest BCUT2D eigenvalue weighted by Crippen LogP contribution is 2.17. The van der Waals surface area contributed by atoms with Crippen molar-refractivity contribution in [3.8, 4) is 0 Å². The first-order valence-electron chi connectivity index (χ1n) is 4.86. The fraction of sp³-hybridized carbons (Fsp3) is 0.364. The minimum Gasteiger partial charge on any atom is -0.352 e. The topological polar surface area (TPSA) is 55.1 Å². The molecule has 4 heteroatoms. The molecule has 1 aromatic rings. The quantitative estimate of drug-likeness (QED) is 0.871. The number of hydrogen-bond acceptors (Lipinski definition) is 2. The monoisotopic (exact) mass is 270 g/mol. The van der Waals surface area contributed by atoms with Crippen LogP contribution in [0.1, 0.15) is 12.5 Å². The molecule has 3 N–H and O–H groups in total. The average Bonchev–Trinajstić information content (AvgIpc) is 2.21. The summed E-state index contributed by atoms with van der Waals surface area (Å²) in [5.41, 5.74) is 6.41. The van der Waals surface area contributed by atoms with Gasteiger partial charge in [-0.2, -0.15) is 0 Å². The summed E-state index contributed by atoms with van der Waals surface area (Å²) < 4.78 is 1.07. The van der Waals surface area contributed by atoms with Gasteiger partial charge in [0.1, 0.15) is 0 Å². The molecular weight excluding hydrogens is 256 g/mol. The molecule has 0 aliphatic rings. The number of carbonyl (C=O) groups is 1. The van der Waals surface area contributed by atoms with Crippen molar-refractivity contribution in [2.24, 2.45) is 5.73 Å². The number of amides is 1. The van der Waals surface area contributed by atoms with E-state index in [0.29, 0.717) is 0 Å². The van der Waals surface area contributed by atoms with Crippen LogP contribution in [-0.2, 0) is 11.2 Å². The van der Waals surface area contributed by atoms with Crippen LogP contribution in [0.5, 0.6) is 0 Å². The molecule has 1 amide bonds. The van der Waals surface area contributed by atoms with Crippen LogP contribution in [0.25, 0.3) is 0 Å². The molecule has 0 aromatic heterocycles. The lowest BCUT2D eigenvalue weighted by Gasteiger charge is -2.14. The third-order valence-electron chi connectivity index (χ3n) is 2.08. The summed E-state index contributed by atoms with van der Waals surface area (Å²) in [5.74, 6) is -0.116. The van der Waals surface area contributed by atoms with Crippen molar-refractivity contribution in [3.63, 3.8) is 0 Å². The molecule has 15 heavy (non-hydrogen) atoms. The van der Waals surface area contributed by atoms with Crippen molar-refractivity contribution in [2.45, 2.75) is 19.4 Å². The summed E-state index contributed by atoms with van der Waals surface area (Å²) in [5, 5.41) is 2.82. The second-order valence-electron chi connectivity index (χ2n) is 3.47. The van der Waals surface area contributed by atoms with Gasteiger partial charge in [0.15, 0.2) is 0 Å². The van der Waals surface area contributed by atoms with E-state index < -0.39 is 0 Å². The summed E-state index contributed by atoms with van der Waals surface area (Å²) >= 11 is 3.47. The Morgan fingerprint density at radius 2 is 2.20 bits per heavy atom. The summed E-state index contributed by atoms with van der Waals surface area (Å²) in [7, 11) is 0. The summed E-state index contributed by atoms with van der Waals surface area (Å²) in [6.07, 6.45) is 0.799. The lowest BCUT2D eigenvalue weighted by atomic mass is 10.1. The van der Waals surface area contributed by atoms with E-state index in [1.54, 1.807) is 0 Å². The Balaban J connectivity index is 2.55. The van der Waals surface area contributed by atoms with Gasteiger partial charge in [-0.1, -0.05) is 34.1 Å². The SMILES string of the molecule is CC(Cc1ccccc1Br)NC(=O)CN. The van der Waals surface area contributed by atoms with Gasteiger partial charge in [-0.05, 0) is 25.0 Å². The fourth-order valence-corrected chi connectivity index (χ4v) is 1.83. The Kier molecular flexibility index (Phi) is 4.78. The molecule has 1 atom stereocenters. The zero-order chi connectivity index (χ0) is 11.3. The van der Waals surface area contributed by atoms with E-state index in [4.69, 9.17) is 5.73 Å². The highest BCUT2D eigenvalue weighted by molar-refractivity contribution is 9.10. The van der Waals surface area contributed by atoms with Crippen molar-refractivity contribution in [3.05, 3.63) is 34.3 Å². The second-order valence-corrected chi connectivity index (χ2v) is 4.32. The van der Waals surface area contributed by atoms with Crippen molar-refractivity contribution >= 4 is 21.8 Å². The van der Waals surface area contributed by atoms with Crippen LogP contribution in [0, 0.1) is 0 Å². The molecule has 1 rings (SSSR count). The van der Waals surface area contributed by atoms with Gasteiger partial charge in [0, 0.05) is 10.5 Å². The molecule has 0 radical (unpaired) electrons. The number of benzene rings is 1. The zero-order valence-electron chi connectivity index (χ0n) is 8.66. The maximum Gasteiger partial charge on any atom is 0.233 e. The number of carbonyl (C=O) groups excluding carboxylic acids is 1. The Hall–Kier alpha value is -0.870. The molecule has 0 aliphatic heterocycles. The van der Waals surface area contributed by atoms with Crippen LogP contribution in [0.15, 0.2) is 28.7 Å². The van der Waals surface area contributed by atoms with Gasteiger partial charge in [0.2, 0.25) is 5.91 Å². The maximum absolute atomic E-state index is 11.0. The molecule has 82 valence electrons. The third kappa shape index (κ3) is 4.01. The number of halogens is 1. The smallest absolute Gasteiger partial charge is 0.233 e. The van der Waals surface area contributed by atoms with Gasteiger partial charge >= 0.3 is 0 Å². The molecule has 0 fully saturated rings. The molecule has 0 bridgehead atoms. The molecule has 1 aromatic carbocycles. The van der Waals surface area contributed by atoms with Crippen molar-refractivity contribution in [1.82, 2.24) is 5.32 Å². The molecule has 0 aliphatic carbocycles. The van der Waals surface area contributed by atoms with Crippen LogP contribution < -0.4 is 11.1 Å². The third-order valence-corrected chi connectivity index (χ3v) is 2.85. The van der Waals surface area contributed by atoms with Crippen molar-refractivity contribution in [1.29, 1.82) is 0 Å². The lowest BCUT2D eigenvalue weighted by Crippen LogP contribution is -2.38. The van der Waals surface area contributed by atoms with E-state index >= 15 is 0 Å². The first-order valence-corrected chi connectivity index (χ1v) is 5.65. The number of nitrogens with one attached hydrogen (secondary N) is 1. The van der Waals surface area contributed by atoms with Gasteiger partial charge in [-0.25, -0.2) is 0 Å². The van der Waals surface area contributed by atoms with E-state index in [0.717, 1.165) is 10.9 Å². The first-order chi connectivity index (χ1) is 7.13. The maximum atomic E-state index is 11.0.